The van der Waals surface area contributed by atoms with Gasteiger partial charge in [0.1, 0.15) is 0 Å². The smallest absolute Gasteiger partial charge is 0.0259 e. The van der Waals surface area contributed by atoms with Crippen molar-refractivity contribution in [2.75, 3.05) is 0 Å². The van der Waals surface area contributed by atoms with Gasteiger partial charge in [-0.3, -0.25) is 0 Å². The van der Waals surface area contributed by atoms with Crippen LogP contribution >= 0.6 is 9.24 Å². The summed E-state index contributed by atoms with van der Waals surface area (Å²) >= 11 is 0. The lowest BCUT2D eigenvalue weighted by Crippen LogP contribution is -2.21. The summed E-state index contributed by atoms with van der Waals surface area (Å²) in [5.74, 6) is 2.05. The predicted octanol–water partition coefficient (Wildman–Crippen LogP) is 3.47. The molecule has 1 saturated carbocycles. The van der Waals surface area contributed by atoms with Crippen LogP contribution in [0.4, 0.5) is 0 Å². The standard InChI is InChI=1S/C10H21P/c1-3-8-5-9(4-2)7-10(11)6-8/h8-10H,3-7,11H2,1-2H3. The van der Waals surface area contributed by atoms with E-state index in [4.69, 9.17) is 0 Å². The number of hydrogen-bond acceptors (Lipinski definition) is 0. The average molecular weight is 172 g/mol. The maximum atomic E-state index is 3.01. The monoisotopic (exact) mass is 172 g/mol. The summed E-state index contributed by atoms with van der Waals surface area (Å²) in [5, 5.41) is 0. The van der Waals surface area contributed by atoms with Gasteiger partial charge in [-0.25, -0.2) is 0 Å². The topological polar surface area (TPSA) is 0 Å². The van der Waals surface area contributed by atoms with Gasteiger partial charge in [0.25, 0.3) is 0 Å². The molecule has 66 valence electrons. The molecule has 0 nitrogen and oxygen atoms in total. The van der Waals surface area contributed by atoms with Gasteiger partial charge in [-0.2, -0.15) is 0 Å². The van der Waals surface area contributed by atoms with Crippen LogP contribution in [-0.2, 0) is 0 Å². The molecular weight excluding hydrogens is 151 g/mol. The molecule has 1 heteroatoms. The van der Waals surface area contributed by atoms with E-state index in [0.717, 1.165) is 17.5 Å². The van der Waals surface area contributed by atoms with E-state index in [9.17, 15) is 0 Å². The zero-order valence-electron chi connectivity index (χ0n) is 7.84. The maximum Gasteiger partial charge on any atom is -0.0259 e. The first-order chi connectivity index (χ1) is 5.26. The summed E-state index contributed by atoms with van der Waals surface area (Å²) in [4.78, 5) is 0. The Morgan fingerprint density at radius 3 is 1.82 bits per heavy atom. The van der Waals surface area contributed by atoms with Crippen molar-refractivity contribution in [3.8, 4) is 0 Å². The summed E-state index contributed by atoms with van der Waals surface area (Å²) in [6.07, 6.45) is 7.19. The van der Waals surface area contributed by atoms with Gasteiger partial charge >= 0.3 is 0 Å². The molecule has 0 amide bonds. The first-order valence-electron chi connectivity index (χ1n) is 5.01. The van der Waals surface area contributed by atoms with Crippen LogP contribution in [-0.4, -0.2) is 5.66 Å². The van der Waals surface area contributed by atoms with Gasteiger partial charge < -0.3 is 0 Å². The molecule has 3 unspecified atom stereocenters. The molecule has 1 fully saturated rings. The van der Waals surface area contributed by atoms with Gasteiger partial charge in [-0.15, -0.1) is 9.24 Å². The third kappa shape index (κ3) is 2.75. The highest BCUT2D eigenvalue weighted by Crippen LogP contribution is 2.36. The Labute approximate surface area is 73.3 Å². The first kappa shape index (κ1) is 9.52. The highest BCUT2D eigenvalue weighted by molar-refractivity contribution is 7.17. The lowest BCUT2D eigenvalue weighted by atomic mass is 9.79. The Morgan fingerprint density at radius 1 is 1.00 bits per heavy atom. The fourth-order valence-corrected chi connectivity index (χ4v) is 3.05. The van der Waals surface area contributed by atoms with Crippen molar-refractivity contribution in [3.05, 3.63) is 0 Å². The molecule has 1 rings (SSSR count). The Morgan fingerprint density at radius 2 is 1.45 bits per heavy atom. The fourth-order valence-electron chi connectivity index (χ4n) is 2.28. The van der Waals surface area contributed by atoms with Gasteiger partial charge in [0.2, 0.25) is 0 Å². The van der Waals surface area contributed by atoms with Gasteiger partial charge in [-0.1, -0.05) is 26.7 Å². The van der Waals surface area contributed by atoms with Crippen LogP contribution in [0.3, 0.4) is 0 Å². The minimum absolute atomic E-state index is 0.915. The van der Waals surface area contributed by atoms with Crippen molar-refractivity contribution >= 4 is 9.24 Å². The molecule has 0 spiro atoms. The molecule has 0 N–H and O–H groups in total. The molecule has 11 heavy (non-hydrogen) atoms. The van der Waals surface area contributed by atoms with E-state index >= 15 is 0 Å². The van der Waals surface area contributed by atoms with E-state index in [0.29, 0.717) is 0 Å². The zero-order valence-corrected chi connectivity index (χ0v) is 9.00. The lowest BCUT2D eigenvalue weighted by molar-refractivity contribution is 0.262. The van der Waals surface area contributed by atoms with E-state index in [2.05, 4.69) is 23.1 Å². The van der Waals surface area contributed by atoms with Crippen LogP contribution in [0.15, 0.2) is 0 Å². The predicted molar refractivity (Wildman–Crippen MR) is 54.9 cm³/mol. The minimum Gasteiger partial charge on any atom is -0.134 e. The van der Waals surface area contributed by atoms with E-state index in [1.807, 2.05) is 0 Å². The largest absolute Gasteiger partial charge is 0.134 e. The second-order valence-corrected chi connectivity index (χ2v) is 4.96. The third-order valence-electron chi connectivity index (χ3n) is 3.09. The molecule has 0 bridgehead atoms. The van der Waals surface area contributed by atoms with E-state index in [1.165, 1.54) is 32.1 Å². The van der Waals surface area contributed by atoms with Crippen molar-refractivity contribution < 1.29 is 0 Å². The van der Waals surface area contributed by atoms with Crippen molar-refractivity contribution in [1.29, 1.82) is 0 Å². The first-order valence-corrected chi connectivity index (χ1v) is 5.68. The fraction of sp³-hybridized carbons (Fsp3) is 1.00. The summed E-state index contributed by atoms with van der Waals surface area (Å²) in [5.41, 5.74) is 0.915. The quantitative estimate of drug-likeness (QED) is 0.559. The van der Waals surface area contributed by atoms with Gasteiger partial charge in [0, 0.05) is 0 Å². The van der Waals surface area contributed by atoms with Crippen molar-refractivity contribution in [2.45, 2.75) is 51.6 Å². The Bertz CT molecular complexity index is 99.4. The van der Waals surface area contributed by atoms with Crippen molar-refractivity contribution in [3.63, 3.8) is 0 Å². The van der Waals surface area contributed by atoms with Crippen LogP contribution in [0, 0.1) is 11.8 Å². The molecule has 0 radical (unpaired) electrons. The van der Waals surface area contributed by atoms with Crippen LogP contribution in [0.5, 0.6) is 0 Å². The van der Waals surface area contributed by atoms with E-state index in [1.54, 1.807) is 0 Å². The Kier molecular flexibility index (Phi) is 3.85. The van der Waals surface area contributed by atoms with Crippen molar-refractivity contribution in [2.24, 2.45) is 11.8 Å². The van der Waals surface area contributed by atoms with E-state index in [-0.39, 0.29) is 0 Å². The van der Waals surface area contributed by atoms with E-state index < -0.39 is 0 Å². The molecule has 1 aliphatic rings. The summed E-state index contributed by atoms with van der Waals surface area (Å²) in [7, 11) is 3.01. The molecule has 0 heterocycles. The normalized spacial score (nSPS) is 39.0. The minimum atomic E-state index is 0.915. The second kappa shape index (κ2) is 4.45. The molecule has 0 aromatic carbocycles. The Hall–Kier alpha value is 0.430. The summed E-state index contributed by atoms with van der Waals surface area (Å²) in [6, 6.07) is 0. The number of rotatable bonds is 2. The summed E-state index contributed by atoms with van der Waals surface area (Å²) in [6.45, 7) is 4.67. The lowest BCUT2D eigenvalue weighted by Gasteiger charge is -2.32. The zero-order chi connectivity index (χ0) is 8.27. The van der Waals surface area contributed by atoms with Crippen LogP contribution in [0.1, 0.15) is 46.0 Å². The van der Waals surface area contributed by atoms with Crippen LogP contribution in [0.2, 0.25) is 0 Å². The molecular formula is C10H21P. The van der Waals surface area contributed by atoms with Crippen molar-refractivity contribution in [1.82, 2.24) is 0 Å². The van der Waals surface area contributed by atoms with Crippen LogP contribution < -0.4 is 0 Å². The molecule has 0 saturated heterocycles. The molecule has 0 aromatic rings. The SMILES string of the molecule is CCC1CC(P)CC(CC)C1. The molecule has 1 aliphatic carbocycles. The highest BCUT2D eigenvalue weighted by atomic mass is 31.0. The Balaban J connectivity index is 2.37. The summed E-state index contributed by atoms with van der Waals surface area (Å²) < 4.78 is 0. The van der Waals surface area contributed by atoms with Gasteiger partial charge in [0.15, 0.2) is 0 Å². The van der Waals surface area contributed by atoms with Crippen LogP contribution in [0.25, 0.3) is 0 Å². The third-order valence-corrected chi connectivity index (χ3v) is 3.64. The molecule has 3 atom stereocenters. The average Bonchev–Trinajstić information content (AvgIpc) is 2.03. The molecule has 0 aromatic heterocycles. The van der Waals surface area contributed by atoms with Gasteiger partial charge in [0.05, 0.1) is 0 Å². The second-order valence-electron chi connectivity index (χ2n) is 4.02. The number of hydrogen-bond donors (Lipinski definition) is 0. The van der Waals surface area contributed by atoms with Gasteiger partial charge in [-0.05, 0) is 36.8 Å². The highest BCUT2D eigenvalue weighted by Gasteiger charge is 2.23. The molecule has 0 aliphatic heterocycles. The maximum absolute atomic E-state index is 3.01.